The minimum absolute atomic E-state index is 0.00785. The number of carboxylic acid groups (broad SMARTS) is 1. The fourth-order valence-corrected chi connectivity index (χ4v) is 3.47. The van der Waals surface area contributed by atoms with Crippen molar-refractivity contribution in [3.8, 4) is 11.3 Å². The summed E-state index contributed by atoms with van der Waals surface area (Å²) in [5, 5.41) is 11.9. The van der Waals surface area contributed by atoms with Crippen molar-refractivity contribution in [3.63, 3.8) is 0 Å². The predicted molar refractivity (Wildman–Crippen MR) is 118 cm³/mol. The van der Waals surface area contributed by atoms with Crippen LogP contribution in [-0.4, -0.2) is 28.0 Å². The lowest BCUT2D eigenvalue weighted by Crippen LogP contribution is -2.54. The molecular formula is C23H16N2O5S. The number of carbonyl (C=O) groups is 3. The maximum atomic E-state index is 13.0. The monoisotopic (exact) mass is 432 g/mol. The van der Waals surface area contributed by atoms with Crippen LogP contribution in [0.25, 0.3) is 17.4 Å². The number of carbonyl (C=O) groups excluding carboxylic acids is 2. The van der Waals surface area contributed by atoms with Gasteiger partial charge < -0.3 is 9.52 Å². The number of aryl methyl sites for hydroxylation is 1. The first-order valence-corrected chi connectivity index (χ1v) is 9.66. The molecule has 1 saturated heterocycles. The highest BCUT2D eigenvalue weighted by Crippen LogP contribution is 2.28. The van der Waals surface area contributed by atoms with Gasteiger partial charge in [0.15, 0.2) is 5.11 Å². The largest absolute Gasteiger partial charge is 0.478 e. The van der Waals surface area contributed by atoms with Crippen LogP contribution in [0.4, 0.5) is 5.69 Å². The number of thiocarbonyl (C=S) groups is 1. The second kappa shape index (κ2) is 8.00. The maximum Gasteiger partial charge on any atom is 0.336 e. The van der Waals surface area contributed by atoms with Crippen molar-refractivity contribution in [2.45, 2.75) is 6.92 Å². The van der Waals surface area contributed by atoms with E-state index in [1.165, 1.54) is 17.0 Å². The van der Waals surface area contributed by atoms with Gasteiger partial charge in [0, 0.05) is 5.56 Å². The minimum Gasteiger partial charge on any atom is -0.478 e. The Balaban J connectivity index is 1.69. The zero-order chi connectivity index (χ0) is 22.1. The number of nitrogens with one attached hydrogen (secondary N) is 1. The summed E-state index contributed by atoms with van der Waals surface area (Å²) in [6.45, 7) is 1.92. The first kappa shape index (κ1) is 20.2. The van der Waals surface area contributed by atoms with Crippen LogP contribution in [0.15, 0.2) is 70.7 Å². The van der Waals surface area contributed by atoms with Crippen LogP contribution in [0, 0.1) is 6.92 Å². The second-order valence-electron chi connectivity index (χ2n) is 6.85. The van der Waals surface area contributed by atoms with Crippen LogP contribution in [-0.2, 0) is 9.59 Å². The molecule has 2 amide bonds. The Morgan fingerprint density at radius 2 is 1.77 bits per heavy atom. The van der Waals surface area contributed by atoms with E-state index < -0.39 is 17.8 Å². The number of hydrogen-bond acceptors (Lipinski definition) is 5. The molecule has 8 heteroatoms. The highest BCUT2D eigenvalue weighted by molar-refractivity contribution is 7.80. The summed E-state index contributed by atoms with van der Waals surface area (Å²) in [5.41, 5.74) is 1.87. The Morgan fingerprint density at radius 3 is 2.48 bits per heavy atom. The molecule has 1 aliphatic rings. The van der Waals surface area contributed by atoms with Crippen LogP contribution in [0.1, 0.15) is 21.7 Å². The van der Waals surface area contributed by atoms with E-state index in [0.717, 1.165) is 5.56 Å². The van der Waals surface area contributed by atoms with Gasteiger partial charge in [-0.1, -0.05) is 35.9 Å². The van der Waals surface area contributed by atoms with E-state index >= 15 is 0 Å². The Hall–Kier alpha value is -4.04. The molecule has 3 aromatic rings. The smallest absolute Gasteiger partial charge is 0.336 e. The molecule has 1 aliphatic heterocycles. The lowest BCUT2D eigenvalue weighted by atomic mass is 10.1. The first-order chi connectivity index (χ1) is 14.8. The van der Waals surface area contributed by atoms with Crippen LogP contribution in [0.5, 0.6) is 0 Å². The van der Waals surface area contributed by atoms with Gasteiger partial charge in [-0.3, -0.25) is 19.8 Å². The van der Waals surface area contributed by atoms with Crippen molar-refractivity contribution in [1.82, 2.24) is 5.32 Å². The van der Waals surface area contributed by atoms with Crippen LogP contribution in [0.2, 0.25) is 0 Å². The molecule has 0 spiro atoms. The third kappa shape index (κ3) is 3.88. The predicted octanol–water partition coefficient (Wildman–Crippen LogP) is 3.78. The summed E-state index contributed by atoms with van der Waals surface area (Å²) in [5.74, 6) is -1.77. The van der Waals surface area contributed by atoms with Gasteiger partial charge in [0.05, 0.1) is 11.3 Å². The number of benzene rings is 2. The highest BCUT2D eigenvalue weighted by atomic mass is 32.1. The second-order valence-corrected chi connectivity index (χ2v) is 7.23. The van der Waals surface area contributed by atoms with Crippen molar-refractivity contribution >= 4 is 46.9 Å². The van der Waals surface area contributed by atoms with Crippen LogP contribution >= 0.6 is 12.2 Å². The molecule has 1 fully saturated rings. The summed E-state index contributed by atoms with van der Waals surface area (Å²) in [7, 11) is 0. The van der Waals surface area contributed by atoms with E-state index in [0.29, 0.717) is 17.0 Å². The van der Waals surface area contributed by atoms with Crippen molar-refractivity contribution in [2.24, 2.45) is 0 Å². The summed E-state index contributed by atoms with van der Waals surface area (Å²) in [6, 6.07) is 16.7. The molecule has 7 nitrogen and oxygen atoms in total. The van der Waals surface area contributed by atoms with Crippen molar-refractivity contribution in [3.05, 3.63) is 83.1 Å². The lowest BCUT2D eigenvalue weighted by molar-refractivity contribution is -0.122. The van der Waals surface area contributed by atoms with Crippen molar-refractivity contribution in [1.29, 1.82) is 0 Å². The number of amides is 2. The molecular weight excluding hydrogens is 416 g/mol. The average molecular weight is 432 g/mol. The SMILES string of the molecule is Cc1ccc(N2C(=O)/C(=C\c3ccc(-c4ccccc4C(=O)O)o3)C(=O)NC2=S)cc1. The van der Waals surface area contributed by atoms with Gasteiger partial charge in [-0.25, -0.2) is 4.79 Å². The molecule has 0 bridgehead atoms. The highest BCUT2D eigenvalue weighted by Gasteiger charge is 2.34. The van der Waals surface area contributed by atoms with Crippen molar-refractivity contribution in [2.75, 3.05) is 4.90 Å². The lowest BCUT2D eigenvalue weighted by Gasteiger charge is -2.28. The number of carboxylic acids is 1. The number of aromatic carboxylic acids is 1. The maximum absolute atomic E-state index is 13.0. The summed E-state index contributed by atoms with van der Waals surface area (Å²) < 4.78 is 5.72. The fraction of sp³-hybridized carbons (Fsp3) is 0.0435. The molecule has 4 rings (SSSR count). The number of hydrogen-bond donors (Lipinski definition) is 2. The Labute approximate surface area is 182 Å². The zero-order valence-corrected chi connectivity index (χ0v) is 17.1. The molecule has 31 heavy (non-hydrogen) atoms. The Morgan fingerprint density at radius 1 is 1.06 bits per heavy atom. The van der Waals surface area contributed by atoms with E-state index in [2.05, 4.69) is 5.32 Å². The number of anilines is 1. The molecule has 2 N–H and O–H groups in total. The third-order valence-electron chi connectivity index (χ3n) is 4.73. The Bertz CT molecular complexity index is 1260. The summed E-state index contributed by atoms with van der Waals surface area (Å²) in [4.78, 5) is 38.2. The summed E-state index contributed by atoms with van der Waals surface area (Å²) in [6.07, 6.45) is 1.31. The molecule has 0 unspecified atom stereocenters. The minimum atomic E-state index is -1.09. The standard InChI is InChI=1S/C23H16N2O5S/c1-13-6-8-14(9-7-13)25-21(27)18(20(26)24-23(25)31)12-15-10-11-19(30-15)16-4-2-3-5-17(16)22(28)29/h2-12H,1H3,(H,28,29)(H,24,26,31)/b18-12-. The van der Waals surface area contributed by atoms with Gasteiger partial charge in [0.2, 0.25) is 0 Å². The quantitative estimate of drug-likeness (QED) is 0.370. The summed E-state index contributed by atoms with van der Waals surface area (Å²) >= 11 is 5.19. The van der Waals surface area contributed by atoms with Gasteiger partial charge in [0.25, 0.3) is 11.8 Å². The zero-order valence-electron chi connectivity index (χ0n) is 16.3. The normalized spacial score (nSPS) is 15.3. The van der Waals surface area contributed by atoms with Gasteiger partial charge in [-0.15, -0.1) is 0 Å². The van der Waals surface area contributed by atoms with Gasteiger partial charge in [-0.2, -0.15) is 0 Å². The molecule has 2 aromatic carbocycles. The number of furan rings is 1. The topological polar surface area (TPSA) is 99.8 Å². The van der Waals surface area contributed by atoms with Crippen LogP contribution in [0.3, 0.4) is 0 Å². The van der Waals surface area contributed by atoms with E-state index in [1.54, 1.807) is 42.5 Å². The molecule has 1 aromatic heterocycles. The molecule has 154 valence electrons. The molecule has 0 aliphatic carbocycles. The van der Waals surface area contributed by atoms with E-state index in [1.807, 2.05) is 19.1 Å². The fourth-order valence-electron chi connectivity index (χ4n) is 3.19. The molecule has 0 atom stereocenters. The molecule has 0 saturated carbocycles. The molecule has 2 heterocycles. The Kier molecular flexibility index (Phi) is 5.22. The number of rotatable bonds is 4. The van der Waals surface area contributed by atoms with Gasteiger partial charge >= 0.3 is 5.97 Å². The molecule has 0 radical (unpaired) electrons. The van der Waals surface area contributed by atoms with Gasteiger partial charge in [0.1, 0.15) is 17.1 Å². The van der Waals surface area contributed by atoms with Crippen molar-refractivity contribution < 1.29 is 23.9 Å². The van der Waals surface area contributed by atoms with E-state index in [-0.39, 0.29) is 22.0 Å². The van der Waals surface area contributed by atoms with Gasteiger partial charge in [-0.05, 0) is 55.5 Å². The van der Waals surface area contributed by atoms with E-state index in [9.17, 15) is 19.5 Å². The first-order valence-electron chi connectivity index (χ1n) is 9.26. The number of nitrogens with zero attached hydrogens (tertiary/aromatic N) is 1. The average Bonchev–Trinajstić information content (AvgIpc) is 3.21. The third-order valence-corrected chi connectivity index (χ3v) is 5.01. The van der Waals surface area contributed by atoms with Crippen LogP contribution < -0.4 is 10.2 Å². The van der Waals surface area contributed by atoms with E-state index in [4.69, 9.17) is 16.6 Å².